The maximum Gasteiger partial charge on any atom is 0.246 e. The Labute approximate surface area is 88.2 Å². The highest BCUT2D eigenvalue weighted by Crippen LogP contribution is 2.18. The standard InChI is InChI=1S/C10H15N3O2/c1-15-6-10(14)12-8-3-2-7-5-11-13-9(7)4-8/h5,8H,2-4,6H2,1H3,(H,11,13)(H,12,14). The Kier molecular flexibility index (Phi) is 3.01. The van der Waals surface area contributed by atoms with Gasteiger partial charge in [0.25, 0.3) is 0 Å². The van der Waals surface area contributed by atoms with Crippen molar-refractivity contribution in [3.63, 3.8) is 0 Å². The van der Waals surface area contributed by atoms with E-state index >= 15 is 0 Å². The van der Waals surface area contributed by atoms with Crippen molar-refractivity contribution in [3.05, 3.63) is 17.5 Å². The monoisotopic (exact) mass is 209 g/mol. The van der Waals surface area contributed by atoms with Crippen molar-refractivity contribution in [2.24, 2.45) is 0 Å². The topological polar surface area (TPSA) is 67.0 Å². The number of hydrogen-bond acceptors (Lipinski definition) is 3. The summed E-state index contributed by atoms with van der Waals surface area (Å²) in [5.74, 6) is -0.0505. The van der Waals surface area contributed by atoms with Crippen molar-refractivity contribution >= 4 is 5.91 Å². The molecule has 82 valence electrons. The lowest BCUT2D eigenvalue weighted by molar-refractivity contribution is -0.125. The van der Waals surface area contributed by atoms with Gasteiger partial charge in [-0.05, 0) is 18.4 Å². The minimum Gasteiger partial charge on any atom is -0.375 e. The van der Waals surface area contributed by atoms with Crippen LogP contribution in [0.3, 0.4) is 0 Å². The van der Waals surface area contributed by atoms with E-state index < -0.39 is 0 Å². The van der Waals surface area contributed by atoms with Gasteiger partial charge in [0.15, 0.2) is 0 Å². The molecule has 1 aliphatic rings. The van der Waals surface area contributed by atoms with Crippen molar-refractivity contribution in [2.75, 3.05) is 13.7 Å². The first-order valence-corrected chi connectivity index (χ1v) is 5.09. The maximum atomic E-state index is 11.3. The molecular formula is C10H15N3O2. The molecule has 0 fully saturated rings. The molecule has 1 aliphatic carbocycles. The van der Waals surface area contributed by atoms with Crippen LogP contribution in [-0.4, -0.2) is 35.9 Å². The van der Waals surface area contributed by atoms with E-state index in [4.69, 9.17) is 4.74 Å². The maximum absolute atomic E-state index is 11.3. The molecule has 2 rings (SSSR count). The first-order valence-electron chi connectivity index (χ1n) is 5.09. The van der Waals surface area contributed by atoms with Gasteiger partial charge in [0.05, 0.1) is 6.20 Å². The smallest absolute Gasteiger partial charge is 0.246 e. The largest absolute Gasteiger partial charge is 0.375 e. The minimum atomic E-state index is -0.0505. The van der Waals surface area contributed by atoms with Gasteiger partial charge in [0, 0.05) is 25.3 Å². The van der Waals surface area contributed by atoms with Crippen LogP contribution in [0.1, 0.15) is 17.7 Å². The number of aromatic amines is 1. The Bertz CT molecular complexity index is 348. The molecule has 1 atom stereocenters. The lowest BCUT2D eigenvalue weighted by Crippen LogP contribution is -2.40. The summed E-state index contributed by atoms with van der Waals surface area (Å²) in [6.45, 7) is 0.131. The van der Waals surface area contributed by atoms with E-state index in [0.717, 1.165) is 25.0 Å². The van der Waals surface area contributed by atoms with Gasteiger partial charge >= 0.3 is 0 Å². The van der Waals surface area contributed by atoms with Crippen LogP contribution in [0, 0.1) is 0 Å². The van der Waals surface area contributed by atoms with Gasteiger partial charge in [0.1, 0.15) is 6.61 Å². The molecular weight excluding hydrogens is 194 g/mol. The summed E-state index contributed by atoms with van der Waals surface area (Å²) < 4.78 is 4.77. The van der Waals surface area contributed by atoms with Crippen LogP contribution in [0.25, 0.3) is 0 Å². The molecule has 1 aromatic rings. The SMILES string of the molecule is COCC(=O)NC1CCc2cn[nH]c2C1. The highest BCUT2D eigenvalue weighted by molar-refractivity contribution is 5.77. The van der Waals surface area contributed by atoms with Crippen molar-refractivity contribution in [1.82, 2.24) is 15.5 Å². The van der Waals surface area contributed by atoms with E-state index in [0.29, 0.717) is 0 Å². The molecule has 1 aromatic heterocycles. The van der Waals surface area contributed by atoms with Crippen LogP contribution in [-0.2, 0) is 22.4 Å². The quantitative estimate of drug-likeness (QED) is 0.738. The van der Waals surface area contributed by atoms with Gasteiger partial charge in [-0.15, -0.1) is 0 Å². The third-order valence-corrected chi connectivity index (χ3v) is 2.66. The predicted molar refractivity (Wildman–Crippen MR) is 54.4 cm³/mol. The van der Waals surface area contributed by atoms with Crippen molar-refractivity contribution < 1.29 is 9.53 Å². The molecule has 1 heterocycles. The molecule has 2 N–H and O–H groups in total. The number of carbonyl (C=O) groups is 1. The van der Waals surface area contributed by atoms with Gasteiger partial charge < -0.3 is 10.1 Å². The number of amides is 1. The number of carbonyl (C=O) groups excluding carboxylic acids is 1. The number of hydrogen-bond donors (Lipinski definition) is 2. The highest BCUT2D eigenvalue weighted by atomic mass is 16.5. The molecule has 1 unspecified atom stereocenters. The molecule has 15 heavy (non-hydrogen) atoms. The summed E-state index contributed by atoms with van der Waals surface area (Å²) in [6.07, 6.45) is 4.65. The number of H-pyrrole nitrogens is 1. The summed E-state index contributed by atoms with van der Waals surface area (Å²) in [5.41, 5.74) is 2.41. The summed E-state index contributed by atoms with van der Waals surface area (Å²) in [5, 5.41) is 9.89. The lowest BCUT2D eigenvalue weighted by atomic mass is 9.94. The van der Waals surface area contributed by atoms with Gasteiger partial charge in [-0.3, -0.25) is 9.89 Å². The zero-order valence-electron chi connectivity index (χ0n) is 8.75. The average molecular weight is 209 g/mol. The van der Waals surface area contributed by atoms with Gasteiger partial charge in [-0.25, -0.2) is 0 Å². The van der Waals surface area contributed by atoms with Crippen molar-refractivity contribution in [3.8, 4) is 0 Å². The number of ether oxygens (including phenoxy) is 1. The number of fused-ring (bicyclic) bond motifs is 1. The van der Waals surface area contributed by atoms with E-state index in [1.54, 1.807) is 0 Å². The first kappa shape index (κ1) is 10.2. The van der Waals surface area contributed by atoms with Gasteiger partial charge in [0.2, 0.25) is 5.91 Å². The summed E-state index contributed by atoms with van der Waals surface area (Å²) in [7, 11) is 1.52. The first-order chi connectivity index (χ1) is 7.29. The fourth-order valence-electron chi connectivity index (χ4n) is 1.93. The Morgan fingerprint density at radius 2 is 2.67 bits per heavy atom. The van der Waals surface area contributed by atoms with E-state index in [-0.39, 0.29) is 18.6 Å². The number of nitrogens with one attached hydrogen (secondary N) is 2. The Morgan fingerprint density at radius 1 is 1.80 bits per heavy atom. The minimum absolute atomic E-state index is 0.0505. The molecule has 0 aromatic carbocycles. The summed E-state index contributed by atoms with van der Waals surface area (Å²) >= 11 is 0. The fraction of sp³-hybridized carbons (Fsp3) is 0.600. The van der Waals surface area contributed by atoms with Crippen LogP contribution in [0.15, 0.2) is 6.20 Å². The summed E-state index contributed by atoms with van der Waals surface area (Å²) in [6, 6.07) is 0.209. The molecule has 0 spiro atoms. The van der Waals surface area contributed by atoms with Crippen LogP contribution in [0.5, 0.6) is 0 Å². The van der Waals surface area contributed by atoms with Crippen molar-refractivity contribution in [2.45, 2.75) is 25.3 Å². The third-order valence-electron chi connectivity index (χ3n) is 2.66. The fourth-order valence-corrected chi connectivity index (χ4v) is 1.93. The highest BCUT2D eigenvalue weighted by Gasteiger charge is 2.21. The lowest BCUT2D eigenvalue weighted by Gasteiger charge is -2.22. The molecule has 0 bridgehead atoms. The Balaban J connectivity index is 1.90. The number of methoxy groups -OCH3 is 1. The second-order valence-corrected chi connectivity index (χ2v) is 3.81. The van der Waals surface area contributed by atoms with Crippen LogP contribution in [0.4, 0.5) is 0 Å². The second kappa shape index (κ2) is 4.44. The van der Waals surface area contributed by atoms with E-state index in [1.165, 1.54) is 12.7 Å². The van der Waals surface area contributed by atoms with Crippen LogP contribution >= 0.6 is 0 Å². The van der Waals surface area contributed by atoms with E-state index in [9.17, 15) is 4.79 Å². The molecule has 1 amide bonds. The van der Waals surface area contributed by atoms with Gasteiger partial charge in [-0.1, -0.05) is 0 Å². The van der Waals surface area contributed by atoms with Gasteiger partial charge in [-0.2, -0.15) is 5.10 Å². The second-order valence-electron chi connectivity index (χ2n) is 3.81. The number of nitrogens with zero attached hydrogens (tertiary/aromatic N) is 1. The van der Waals surface area contributed by atoms with E-state index in [1.807, 2.05) is 6.20 Å². The number of rotatable bonds is 3. The molecule has 0 saturated carbocycles. The van der Waals surface area contributed by atoms with Crippen LogP contribution in [0.2, 0.25) is 0 Å². The number of aromatic nitrogens is 2. The Morgan fingerprint density at radius 3 is 3.47 bits per heavy atom. The number of aryl methyl sites for hydroxylation is 1. The molecule has 0 radical (unpaired) electrons. The third kappa shape index (κ3) is 2.36. The molecule has 5 nitrogen and oxygen atoms in total. The summed E-state index contributed by atoms with van der Waals surface area (Å²) in [4.78, 5) is 11.3. The zero-order valence-corrected chi connectivity index (χ0v) is 8.75. The van der Waals surface area contributed by atoms with E-state index in [2.05, 4.69) is 15.5 Å². The van der Waals surface area contributed by atoms with Crippen molar-refractivity contribution in [1.29, 1.82) is 0 Å². The predicted octanol–water partition coefficient (Wildman–Crippen LogP) is 0.0296. The average Bonchev–Trinajstić information content (AvgIpc) is 2.65. The Hall–Kier alpha value is -1.36. The zero-order chi connectivity index (χ0) is 10.7. The normalized spacial score (nSPS) is 19.7. The molecule has 5 heteroatoms. The molecule has 0 aliphatic heterocycles. The van der Waals surface area contributed by atoms with Crippen LogP contribution < -0.4 is 5.32 Å². The molecule has 0 saturated heterocycles.